The van der Waals surface area contributed by atoms with Gasteiger partial charge in [0.05, 0.1) is 5.60 Å². The molecule has 0 saturated heterocycles. The van der Waals surface area contributed by atoms with Crippen LogP contribution in [-0.2, 0) is 11.2 Å². The van der Waals surface area contributed by atoms with E-state index in [0.717, 1.165) is 12.1 Å². The van der Waals surface area contributed by atoms with Crippen LogP contribution >= 0.6 is 11.6 Å². The van der Waals surface area contributed by atoms with Gasteiger partial charge in [0.15, 0.2) is 0 Å². The quantitative estimate of drug-likeness (QED) is 0.823. The van der Waals surface area contributed by atoms with Crippen LogP contribution < -0.4 is 5.32 Å². The van der Waals surface area contributed by atoms with Gasteiger partial charge in [-0.05, 0) is 57.5 Å². The van der Waals surface area contributed by atoms with Gasteiger partial charge in [-0.2, -0.15) is 0 Å². The lowest BCUT2D eigenvalue weighted by molar-refractivity contribution is -0.0377. The Bertz CT molecular complexity index is 409. The highest BCUT2D eigenvalue weighted by Gasteiger charge is 2.30. The molecule has 1 aromatic carbocycles. The number of nitrogens with one attached hydrogen (secondary N) is 1. The molecule has 1 rings (SSSR count). The van der Waals surface area contributed by atoms with Crippen LogP contribution in [0.2, 0.25) is 5.02 Å². The van der Waals surface area contributed by atoms with Gasteiger partial charge in [0, 0.05) is 17.7 Å². The standard InChI is InChI=1S/C15H23ClFNO/c1-5-18-14(15(3,4)19-6-2)10-11-9-12(17)7-8-13(11)16/h7-9,14,18H,5-6,10H2,1-4H3. The van der Waals surface area contributed by atoms with Gasteiger partial charge in [0.1, 0.15) is 5.82 Å². The lowest BCUT2D eigenvalue weighted by Gasteiger charge is -2.35. The zero-order chi connectivity index (χ0) is 14.5. The first-order valence-electron chi connectivity index (χ1n) is 6.72. The normalized spacial score (nSPS) is 13.6. The minimum Gasteiger partial charge on any atom is -0.374 e. The van der Waals surface area contributed by atoms with Crippen LogP contribution in [0.1, 0.15) is 33.3 Å². The first kappa shape index (κ1) is 16.4. The fraction of sp³-hybridized carbons (Fsp3) is 0.600. The van der Waals surface area contributed by atoms with Crippen molar-refractivity contribution in [3.63, 3.8) is 0 Å². The van der Waals surface area contributed by atoms with Crippen molar-refractivity contribution in [3.8, 4) is 0 Å². The lowest BCUT2D eigenvalue weighted by atomic mass is 9.92. The largest absolute Gasteiger partial charge is 0.374 e. The average molecular weight is 288 g/mol. The summed E-state index contributed by atoms with van der Waals surface area (Å²) in [6.45, 7) is 9.57. The summed E-state index contributed by atoms with van der Waals surface area (Å²) in [6.07, 6.45) is 0.636. The highest BCUT2D eigenvalue weighted by molar-refractivity contribution is 6.31. The van der Waals surface area contributed by atoms with E-state index >= 15 is 0 Å². The molecule has 0 aromatic heterocycles. The molecular formula is C15H23ClFNO. The second kappa shape index (κ2) is 7.22. The molecule has 0 aliphatic carbocycles. The molecule has 0 heterocycles. The summed E-state index contributed by atoms with van der Waals surface area (Å²) in [4.78, 5) is 0. The molecule has 19 heavy (non-hydrogen) atoms. The minimum atomic E-state index is -0.333. The van der Waals surface area contributed by atoms with Gasteiger partial charge in [-0.25, -0.2) is 4.39 Å². The zero-order valence-corrected chi connectivity index (χ0v) is 12.9. The van der Waals surface area contributed by atoms with Gasteiger partial charge >= 0.3 is 0 Å². The number of rotatable bonds is 7. The van der Waals surface area contributed by atoms with Crippen molar-refractivity contribution in [2.75, 3.05) is 13.2 Å². The number of hydrogen-bond acceptors (Lipinski definition) is 2. The summed E-state index contributed by atoms with van der Waals surface area (Å²) >= 11 is 6.13. The molecule has 0 saturated carbocycles. The van der Waals surface area contributed by atoms with E-state index in [0.29, 0.717) is 18.1 Å². The molecule has 0 aliphatic rings. The van der Waals surface area contributed by atoms with Gasteiger partial charge in [-0.1, -0.05) is 18.5 Å². The lowest BCUT2D eigenvalue weighted by Crippen LogP contribution is -2.50. The van der Waals surface area contributed by atoms with Gasteiger partial charge in [-0.3, -0.25) is 0 Å². The topological polar surface area (TPSA) is 21.3 Å². The molecule has 1 aromatic rings. The smallest absolute Gasteiger partial charge is 0.123 e. The van der Waals surface area contributed by atoms with Gasteiger partial charge in [0.25, 0.3) is 0 Å². The maximum atomic E-state index is 13.3. The van der Waals surface area contributed by atoms with Crippen molar-refractivity contribution in [2.45, 2.75) is 45.8 Å². The number of likely N-dealkylation sites (N-methyl/N-ethyl adjacent to an activating group) is 1. The summed E-state index contributed by atoms with van der Waals surface area (Å²) in [7, 11) is 0. The third kappa shape index (κ3) is 4.75. The molecule has 0 amide bonds. The van der Waals surface area contributed by atoms with Crippen molar-refractivity contribution in [2.24, 2.45) is 0 Å². The van der Waals surface area contributed by atoms with E-state index in [1.165, 1.54) is 12.1 Å². The monoisotopic (exact) mass is 287 g/mol. The summed E-state index contributed by atoms with van der Waals surface area (Å²) in [5.74, 6) is -0.260. The number of hydrogen-bond donors (Lipinski definition) is 1. The zero-order valence-electron chi connectivity index (χ0n) is 12.1. The van der Waals surface area contributed by atoms with Gasteiger partial charge in [0.2, 0.25) is 0 Å². The molecular weight excluding hydrogens is 265 g/mol. The number of benzene rings is 1. The molecule has 1 unspecified atom stereocenters. The molecule has 1 N–H and O–H groups in total. The third-order valence-electron chi connectivity index (χ3n) is 3.24. The predicted octanol–water partition coefficient (Wildman–Crippen LogP) is 3.81. The van der Waals surface area contributed by atoms with Crippen molar-refractivity contribution >= 4 is 11.6 Å². The third-order valence-corrected chi connectivity index (χ3v) is 3.61. The van der Waals surface area contributed by atoms with E-state index < -0.39 is 0 Å². The van der Waals surface area contributed by atoms with Crippen molar-refractivity contribution in [3.05, 3.63) is 34.6 Å². The molecule has 0 spiro atoms. The summed E-state index contributed by atoms with van der Waals surface area (Å²) < 4.78 is 19.1. The number of ether oxygens (including phenoxy) is 1. The van der Waals surface area contributed by atoms with Crippen LogP contribution in [0.15, 0.2) is 18.2 Å². The first-order chi connectivity index (χ1) is 8.90. The van der Waals surface area contributed by atoms with Crippen LogP contribution in [-0.4, -0.2) is 24.8 Å². The molecule has 4 heteroatoms. The fourth-order valence-electron chi connectivity index (χ4n) is 2.20. The Morgan fingerprint density at radius 3 is 2.63 bits per heavy atom. The Morgan fingerprint density at radius 2 is 2.05 bits per heavy atom. The van der Waals surface area contributed by atoms with Crippen molar-refractivity contribution in [1.29, 1.82) is 0 Å². The maximum absolute atomic E-state index is 13.3. The molecule has 1 atom stereocenters. The second-order valence-electron chi connectivity index (χ2n) is 5.09. The summed E-state index contributed by atoms with van der Waals surface area (Å²) in [5, 5.41) is 3.99. The fourth-order valence-corrected chi connectivity index (χ4v) is 2.40. The molecule has 0 bridgehead atoms. The Hall–Kier alpha value is -0.640. The van der Waals surface area contributed by atoms with Crippen LogP contribution in [0, 0.1) is 5.82 Å². The SMILES string of the molecule is CCNC(Cc1cc(F)ccc1Cl)C(C)(C)OCC. The average Bonchev–Trinajstić information content (AvgIpc) is 2.33. The van der Waals surface area contributed by atoms with Crippen molar-refractivity contribution < 1.29 is 9.13 Å². The van der Waals surface area contributed by atoms with E-state index in [9.17, 15) is 4.39 Å². The van der Waals surface area contributed by atoms with Crippen LogP contribution in [0.4, 0.5) is 4.39 Å². The Kier molecular flexibility index (Phi) is 6.24. The van der Waals surface area contributed by atoms with Crippen molar-refractivity contribution in [1.82, 2.24) is 5.32 Å². The first-order valence-corrected chi connectivity index (χ1v) is 7.09. The predicted molar refractivity (Wildman–Crippen MR) is 78.3 cm³/mol. The molecule has 0 fully saturated rings. The van der Waals surface area contributed by atoms with Crippen LogP contribution in [0.3, 0.4) is 0 Å². The van der Waals surface area contributed by atoms with E-state index in [2.05, 4.69) is 5.32 Å². The highest BCUT2D eigenvalue weighted by atomic mass is 35.5. The van der Waals surface area contributed by atoms with E-state index in [-0.39, 0.29) is 17.5 Å². The number of halogens is 2. The van der Waals surface area contributed by atoms with E-state index in [4.69, 9.17) is 16.3 Å². The van der Waals surface area contributed by atoms with Crippen LogP contribution in [0.5, 0.6) is 0 Å². The van der Waals surface area contributed by atoms with E-state index in [1.807, 2.05) is 27.7 Å². The minimum absolute atomic E-state index is 0.0803. The van der Waals surface area contributed by atoms with Crippen LogP contribution in [0.25, 0.3) is 0 Å². The Labute approximate surface area is 120 Å². The molecule has 0 aliphatic heterocycles. The highest BCUT2D eigenvalue weighted by Crippen LogP contribution is 2.24. The van der Waals surface area contributed by atoms with Gasteiger partial charge in [-0.15, -0.1) is 0 Å². The second-order valence-corrected chi connectivity index (χ2v) is 5.49. The molecule has 0 radical (unpaired) electrons. The van der Waals surface area contributed by atoms with Gasteiger partial charge < -0.3 is 10.1 Å². The molecule has 108 valence electrons. The molecule has 2 nitrogen and oxygen atoms in total. The maximum Gasteiger partial charge on any atom is 0.123 e. The summed E-state index contributed by atoms with van der Waals surface area (Å²) in [5.41, 5.74) is 0.473. The summed E-state index contributed by atoms with van der Waals surface area (Å²) in [6, 6.07) is 4.55. The Morgan fingerprint density at radius 1 is 1.37 bits per heavy atom. The van der Waals surface area contributed by atoms with E-state index in [1.54, 1.807) is 6.07 Å². The Balaban J connectivity index is 2.92.